The van der Waals surface area contributed by atoms with Gasteiger partial charge in [0.25, 0.3) is 0 Å². The molecule has 2 aromatic rings. The lowest BCUT2D eigenvalue weighted by atomic mass is 10.0. The summed E-state index contributed by atoms with van der Waals surface area (Å²) in [6.45, 7) is 0. The smallest absolute Gasteiger partial charge is 0.0643 e. The molecule has 0 aliphatic carbocycles. The molecular weight excluding hydrogens is 188 g/mol. The summed E-state index contributed by atoms with van der Waals surface area (Å²) in [5.74, 6) is 0. The summed E-state index contributed by atoms with van der Waals surface area (Å²) in [5, 5.41) is 4.30. The van der Waals surface area contributed by atoms with Crippen molar-refractivity contribution in [3.8, 4) is 0 Å². The molecule has 2 heterocycles. The second-order valence-corrected chi connectivity index (χ2v) is 3.57. The van der Waals surface area contributed by atoms with E-state index in [0.29, 0.717) is 0 Å². The van der Waals surface area contributed by atoms with Gasteiger partial charge < -0.3 is 5.73 Å². The van der Waals surface area contributed by atoms with Gasteiger partial charge >= 0.3 is 0 Å². The molecule has 4 nitrogen and oxygen atoms in total. The Labute approximate surface area is 88.8 Å². The first kappa shape index (κ1) is 9.86. The highest BCUT2D eigenvalue weighted by molar-refractivity contribution is 5.17. The maximum absolute atomic E-state index is 6.06. The van der Waals surface area contributed by atoms with Crippen LogP contribution in [0.5, 0.6) is 0 Å². The Bertz CT molecular complexity index is 421. The van der Waals surface area contributed by atoms with E-state index in [2.05, 4.69) is 10.1 Å². The largest absolute Gasteiger partial charge is 0.324 e. The molecule has 0 aliphatic heterocycles. The van der Waals surface area contributed by atoms with Crippen LogP contribution in [-0.4, -0.2) is 14.8 Å². The molecule has 1 unspecified atom stereocenters. The molecule has 0 bridgehead atoms. The highest BCUT2D eigenvalue weighted by atomic mass is 15.2. The molecule has 4 heteroatoms. The van der Waals surface area contributed by atoms with E-state index in [-0.39, 0.29) is 6.04 Å². The number of hydrogen-bond donors (Lipinski definition) is 1. The molecule has 2 N–H and O–H groups in total. The van der Waals surface area contributed by atoms with Crippen molar-refractivity contribution >= 4 is 0 Å². The summed E-state index contributed by atoms with van der Waals surface area (Å²) in [6.07, 6.45) is 6.20. The van der Waals surface area contributed by atoms with Gasteiger partial charge in [0, 0.05) is 38.1 Å². The van der Waals surface area contributed by atoms with Crippen LogP contribution in [0.15, 0.2) is 36.8 Å². The second-order valence-electron chi connectivity index (χ2n) is 3.57. The van der Waals surface area contributed by atoms with Crippen molar-refractivity contribution < 1.29 is 0 Å². The van der Waals surface area contributed by atoms with Crippen LogP contribution in [0.25, 0.3) is 0 Å². The van der Waals surface area contributed by atoms with Gasteiger partial charge in [0.1, 0.15) is 0 Å². The average Bonchev–Trinajstić information content (AvgIpc) is 2.65. The van der Waals surface area contributed by atoms with E-state index in [1.165, 1.54) is 0 Å². The third kappa shape index (κ3) is 2.41. The highest BCUT2D eigenvalue weighted by Crippen LogP contribution is 2.13. The molecule has 15 heavy (non-hydrogen) atoms. The van der Waals surface area contributed by atoms with Gasteiger partial charge in [-0.3, -0.25) is 9.67 Å². The van der Waals surface area contributed by atoms with Crippen LogP contribution < -0.4 is 5.73 Å². The van der Waals surface area contributed by atoms with Crippen molar-refractivity contribution in [1.29, 1.82) is 0 Å². The molecule has 0 saturated carbocycles. The lowest BCUT2D eigenvalue weighted by Gasteiger charge is -2.09. The first-order chi connectivity index (χ1) is 7.25. The van der Waals surface area contributed by atoms with Gasteiger partial charge in [-0.15, -0.1) is 0 Å². The Morgan fingerprint density at radius 1 is 1.33 bits per heavy atom. The van der Waals surface area contributed by atoms with E-state index in [0.717, 1.165) is 17.7 Å². The topological polar surface area (TPSA) is 56.7 Å². The van der Waals surface area contributed by atoms with Crippen LogP contribution in [0.3, 0.4) is 0 Å². The number of aromatic nitrogens is 3. The number of nitrogens with zero attached hydrogens (tertiary/aromatic N) is 3. The van der Waals surface area contributed by atoms with Gasteiger partial charge in [-0.25, -0.2) is 0 Å². The molecule has 0 fully saturated rings. The lowest BCUT2D eigenvalue weighted by Crippen LogP contribution is -2.13. The molecule has 0 spiro atoms. The van der Waals surface area contributed by atoms with Gasteiger partial charge in [-0.05, 0) is 23.8 Å². The van der Waals surface area contributed by atoms with Gasteiger partial charge in [0.2, 0.25) is 0 Å². The molecule has 78 valence electrons. The number of nitrogens with two attached hydrogens (primary N) is 1. The Kier molecular flexibility index (Phi) is 2.78. The Morgan fingerprint density at radius 2 is 2.07 bits per heavy atom. The second kappa shape index (κ2) is 4.23. The van der Waals surface area contributed by atoms with Gasteiger partial charge in [-0.1, -0.05) is 0 Å². The van der Waals surface area contributed by atoms with E-state index in [1.54, 1.807) is 17.1 Å². The molecule has 0 radical (unpaired) electrons. The van der Waals surface area contributed by atoms with E-state index in [1.807, 2.05) is 31.4 Å². The number of aryl methyl sites for hydroxylation is 1. The van der Waals surface area contributed by atoms with Gasteiger partial charge in [-0.2, -0.15) is 5.10 Å². The first-order valence-corrected chi connectivity index (χ1v) is 4.90. The van der Waals surface area contributed by atoms with Crippen molar-refractivity contribution in [2.24, 2.45) is 12.8 Å². The van der Waals surface area contributed by atoms with Crippen LogP contribution in [0.4, 0.5) is 0 Å². The predicted octanol–water partition coefficient (Wildman–Crippen LogP) is 1.06. The van der Waals surface area contributed by atoms with Gasteiger partial charge in [0.15, 0.2) is 0 Å². The monoisotopic (exact) mass is 202 g/mol. The molecule has 0 aromatic carbocycles. The SMILES string of the molecule is Cn1ccc(CC(N)c2ccncc2)n1. The fourth-order valence-corrected chi connectivity index (χ4v) is 1.53. The quantitative estimate of drug-likeness (QED) is 0.809. The van der Waals surface area contributed by atoms with Gasteiger partial charge in [0.05, 0.1) is 5.69 Å². The van der Waals surface area contributed by atoms with Crippen molar-refractivity contribution in [1.82, 2.24) is 14.8 Å². The zero-order valence-corrected chi connectivity index (χ0v) is 8.67. The van der Waals surface area contributed by atoms with E-state index in [4.69, 9.17) is 5.73 Å². The third-order valence-electron chi connectivity index (χ3n) is 2.33. The predicted molar refractivity (Wildman–Crippen MR) is 58.1 cm³/mol. The average molecular weight is 202 g/mol. The standard InChI is InChI=1S/C11H14N4/c1-15-7-4-10(14-15)8-11(12)9-2-5-13-6-3-9/h2-7,11H,8,12H2,1H3. The lowest BCUT2D eigenvalue weighted by molar-refractivity contribution is 0.674. The van der Waals surface area contributed by atoms with Crippen molar-refractivity contribution in [3.63, 3.8) is 0 Å². The van der Waals surface area contributed by atoms with Crippen molar-refractivity contribution in [2.45, 2.75) is 12.5 Å². The fourth-order valence-electron chi connectivity index (χ4n) is 1.53. The summed E-state index contributed by atoms with van der Waals surface area (Å²) in [7, 11) is 1.90. The third-order valence-corrected chi connectivity index (χ3v) is 2.33. The Hall–Kier alpha value is -1.68. The summed E-state index contributed by atoms with van der Waals surface area (Å²) < 4.78 is 1.79. The minimum Gasteiger partial charge on any atom is -0.324 e. The Balaban J connectivity index is 2.07. The molecule has 0 amide bonds. The Morgan fingerprint density at radius 3 is 2.67 bits per heavy atom. The van der Waals surface area contributed by atoms with Crippen LogP contribution in [-0.2, 0) is 13.5 Å². The zero-order chi connectivity index (χ0) is 10.7. The molecule has 1 atom stereocenters. The molecule has 0 aliphatic rings. The summed E-state index contributed by atoms with van der Waals surface area (Å²) in [5.41, 5.74) is 8.17. The number of rotatable bonds is 3. The maximum atomic E-state index is 6.06. The molecule has 2 rings (SSSR count). The minimum absolute atomic E-state index is 0.0112. The molecule has 2 aromatic heterocycles. The number of pyridine rings is 1. The van der Waals surface area contributed by atoms with Crippen LogP contribution in [0.1, 0.15) is 17.3 Å². The summed E-state index contributed by atoms with van der Waals surface area (Å²) in [4.78, 5) is 3.96. The fraction of sp³-hybridized carbons (Fsp3) is 0.273. The summed E-state index contributed by atoms with van der Waals surface area (Å²) >= 11 is 0. The van der Waals surface area contributed by atoms with Crippen molar-refractivity contribution in [3.05, 3.63) is 48.0 Å². The first-order valence-electron chi connectivity index (χ1n) is 4.90. The van der Waals surface area contributed by atoms with E-state index < -0.39 is 0 Å². The van der Waals surface area contributed by atoms with E-state index >= 15 is 0 Å². The summed E-state index contributed by atoms with van der Waals surface area (Å²) in [6, 6.07) is 5.85. The maximum Gasteiger partial charge on any atom is 0.0643 e. The van der Waals surface area contributed by atoms with Crippen LogP contribution >= 0.6 is 0 Å². The van der Waals surface area contributed by atoms with E-state index in [9.17, 15) is 0 Å². The van der Waals surface area contributed by atoms with Crippen LogP contribution in [0.2, 0.25) is 0 Å². The van der Waals surface area contributed by atoms with Crippen LogP contribution in [0, 0.1) is 0 Å². The molecule has 0 saturated heterocycles. The van der Waals surface area contributed by atoms with Crippen molar-refractivity contribution in [2.75, 3.05) is 0 Å². The normalized spacial score (nSPS) is 12.7. The number of hydrogen-bond acceptors (Lipinski definition) is 3. The highest BCUT2D eigenvalue weighted by Gasteiger charge is 2.08. The zero-order valence-electron chi connectivity index (χ0n) is 8.67. The molecular formula is C11H14N4. The minimum atomic E-state index is -0.0112.